The maximum Gasteiger partial charge on any atom is 0.352 e. The molecule has 1 rings (SSSR count). The maximum atomic E-state index is 11.1. The smallest absolute Gasteiger partial charge is 0.352 e. The molecule has 0 saturated heterocycles. The van der Waals surface area contributed by atoms with Gasteiger partial charge in [0.1, 0.15) is 18.1 Å². The Hall–Kier alpha value is -2.56. The fourth-order valence-electron chi connectivity index (χ4n) is 1.43. The lowest BCUT2D eigenvalue weighted by atomic mass is 10.1. The molecule has 0 saturated carbocycles. The zero-order valence-electron chi connectivity index (χ0n) is 11.5. The zero-order chi connectivity index (χ0) is 15.1. The van der Waals surface area contributed by atoms with E-state index in [1.807, 2.05) is 6.92 Å². The Kier molecular flexibility index (Phi) is 5.53. The maximum absolute atomic E-state index is 11.1. The van der Waals surface area contributed by atoms with Crippen LogP contribution in [0.5, 0.6) is 5.75 Å². The van der Waals surface area contributed by atoms with Crippen LogP contribution in [0.2, 0.25) is 0 Å². The van der Waals surface area contributed by atoms with E-state index in [0.717, 1.165) is 5.57 Å². The first-order chi connectivity index (χ1) is 9.40. The standard InChI is InChI=1S/C15H17NO4/c1-10(2)9-20-14-7-5-4-6-12(14)8-13(15(18)19)16-11(3)17/h4-8H,1,9H2,2-3H3,(H,16,17)(H,18,19). The van der Waals surface area contributed by atoms with Crippen LogP contribution >= 0.6 is 0 Å². The Labute approximate surface area is 117 Å². The number of carboxylic acid groups (broad SMARTS) is 1. The van der Waals surface area contributed by atoms with Crippen LogP contribution in [0.25, 0.3) is 6.08 Å². The molecule has 1 amide bonds. The molecule has 0 heterocycles. The Bertz CT molecular complexity index is 561. The molecule has 0 aliphatic rings. The molecule has 5 nitrogen and oxygen atoms in total. The van der Waals surface area contributed by atoms with Gasteiger partial charge in [-0.1, -0.05) is 24.8 Å². The van der Waals surface area contributed by atoms with Crippen LogP contribution in [0.15, 0.2) is 42.1 Å². The van der Waals surface area contributed by atoms with Crippen LogP contribution in [-0.2, 0) is 9.59 Å². The third-order valence-corrected chi connectivity index (χ3v) is 2.23. The molecular formula is C15H17NO4. The monoisotopic (exact) mass is 275 g/mol. The van der Waals surface area contributed by atoms with Crippen molar-refractivity contribution in [2.75, 3.05) is 6.61 Å². The second-order valence-electron chi connectivity index (χ2n) is 4.33. The highest BCUT2D eigenvalue weighted by Crippen LogP contribution is 2.21. The molecule has 0 fully saturated rings. The van der Waals surface area contributed by atoms with E-state index < -0.39 is 11.9 Å². The Morgan fingerprint density at radius 2 is 2.00 bits per heavy atom. The number of hydrogen-bond acceptors (Lipinski definition) is 3. The van der Waals surface area contributed by atoms with Crippen molar-refractivity contribution in [2.45, 2.75) is 13.8 Å². The molecule has 106 valence electrons. The van der Waals surface area contributed by atoms with Crippen molar-refractivity contribution in [1.82, 2.24) is 5.32 Å². The van der Waals surface area contributed by atoms with Gasteiger partial charge in [0.05, 0.1) is 0 Å². The third kappa shape index (κ3) is 4.97. The number of hydrogen-bond donors (Lipinski definition) is 2. The number of rotatable bonds is 6. The molecule has 5 heteroatoms. The van der Waals surface area contributed by atoms with Gasteiger partial charge in [-0.25, -0.2) is 4.79 Å². The number of carbonyl (C=O) groups excluding carboxylic acids is 1. The zero-order valence-corrected chi connectivity index (χ0v) is 11.5. The molecule has 0 aliphatic carbocycles. The molecule has 1 aromatic carbocycles. The van der Waals surface area contributed by atoms with E-state index in [9.17, 15) is 9.59 Å². The third-order valence-electron chi connectivity index (χ3n) is 2.23. The molecule has 1 aromatic rings. The number of benzene rings is 1. The highest BCUT2D eigenvalue weighted by Gasteiger charge is 2.10. The molecule has 0 aromatic heterocycles. The summed E-state index contributed by atoms with van der Waals surface area (Å²) in [5, 5.41) is 11.3. The van der Waals surface area contributed by atoms with Gasteiger partial charge >= 0.3 is 5.97 Å². The summed E-state index contributed by atoms with van der Waals surface area (Å²) in [6.07, 6.45) is 1.36. The summed E-state index contributed by atoms with van der Waals surface area (Å²) in [6, 6.07) is 6.97. The van der Waals surface area contributed by atoms with Gasteiger partial charge in [-0.15, -0.1) is 0 Å². The van der Waals surface area contributed by atoms with E-state index in [4.69, 9.17) is 9.84 Å². The fraction of sp³-hybridized carbons (Fsp3) is 0.200. The predicted octanol–water partition coefficient (Wildman–Crippen LogP) is 2.20. The number of carboxylic acids is 1. The molecule has 0 bridgehead atoms. The summed E-state index contributed by atoms with van der Waals surface area (Å²) >= 11 is 0. The minimum atomic E-state index is -1.21. The molecule has 0 aliphatic heterocycles. The van der Waals surface area contributed by atoms with Gasteiger partial charge in [-0.2, -0.15) is 0 Å². The Morgan fingerprint density at radius 3 is 2.55 bits per heavy atom. The minimum absolute atomic E-state index is 0.205. The molecular weight excluding hydrogens is 258 g/mol. The number of amides is 1. The van der Waals surface area contributed by atoms with Gasteiger partial charge in [-0.05, 0) is 24.6 Å². The van der Waals surface area contributed by atoms with Crippen molar-refractivity contribution in [3.8, 4) is 5.75 Å². The Morgan fingerprint density at radius 1 is 1.35 bits per heavy atom. The van der Waals surface area contributed by atoms with Crippen LogP contribution in [0, 0.1) is 0 Å². The number of carbonyl (C=O) groups is 2. The second-order valence-corrected chi connectivity index (χ2v) is 4.33. The van der Waals surface area contributed by atoms with Crippen molar-refractivity contribution < 1.29 is 19.4 Å². The largest absolute Gasteiger partial charge is 0.489 e. The van der Waals surface area contributed by atoms with E-state index in [1.165, 1.54) is 13.0 Å². The number of aliphatic carboxylic acids is 1. The number of nitrogens with one attached hydrogen (secondary N) is 1. The summed E-state index contributed by atoms with van der Waals surface area (Å²) < 4.78 is 5.53. The fourth-order valence-corrected chi connectivity index (χ4v) is 1.43. The number of para-hydroxylation sites is 1. The van der Waals surface area contributed by atoms with Crippen LogP contribution in [0.3, 0.4) is 0 Å². The van der Waals surface area contributed by atoms with E-state index in [2.05, 4.69) is 11.9 Å². The van der Waals surface area contributed by atoms with Crippen molar-refractivity contribution in [1.29, 1.82) is 0 Å². The minimum Gasteiger partial charge on any atom is -0.489 e. The summed E-state index contributed by atoms with van der Waals surface area (Å²) in [5.41, 5.74) is 1.22. The summed E-state index contributed by atoms with van der Waals surface area (Å²) in [7, 11) is 0. The lowest BCUT2D eigenvalue weighted by molar-refractivity contribution is -0.134. The lowest BCUT2D eigenvalue weighted by Crippen LogP contribution is -2.24. The first-order valence-corrected chi connectivity index (χ1v) is 5.99. The van der Waals surface area contributed by atoms with Gasteiger partial charge in [-0.3, -0.25) is 4.79 Å². The van der Waals surface area contributed by atoms with Crippen LogP contribution in [0.1, 0.15) is 19.4 Å². The molecule has 0 spiro atoms. The topological polar surface area (TPSA) is 75.6 Å². The first kappa shape index (κ1) is 15.5. The normalized spacial score (nSPS) is 10.8. The van der Waals surface area contributed by atoms with Crippen molar-refractivity contribution in [3.05, 3.63) is 47.7 Å². The van der Waals surface area contributed by atoms with Crippen LogP contribution in [0.4, 0.5) is 0 Å². The summed E-state index contributed by atoms with van der Waals surface area (Å²) in [6.45, 7) is 7.16. The molecule has 2 N–H and O–H groups in total. The highest BCUT2D eigenvalue weighted by atomic mass is 16.5. The quantitative estimate of drug-likeness (QED) is 0.616. The van der Waals surface area contributed by atoms with Crippen LogP contribution < -0.4 is 10.1 Å². The van der Waals surface area contributed by atoms with Gasteiger partial charge in [0, 0.05) is 12.5 Å². The first-order valence-electron chi connectivity index (χ1n) is 5.99. The van der Waals surface area contributed by atoms with Gasteiger partial charge < -0.3 is 15.2 Å². The van der Waals surface area contributed by atoms with E-state index in [0.29, 0.717) is 17.9 Å². The highest BCUT2D eigenvalue weighted by molar-refractivity contribution is 5.96. The predicted molar refractivity (Wildman–Crippen MR) is 76.2 cm³/mol. The summed E-state index contributed by atoms with van der Waals surface area (Å²) in [5.74, 6) is -1.13. The average molecular weight is 275 g/mol. The van der Waals surface area contributed by atoms with E-state index >= 15 is 0 Å². The van der Waals surface area contributed by atoms with Crippen molar-refractivity contribution in [2.24, 2.45) is 0 Å². The lowest BCUT2D eigenvalue weighted by Gasteiger charge is -2.10. The molecule has 0 unspecified atom stereocenters. The van der Waals surface area contributed by atoms with Crippen molar-refractivity contribution >= 4 is 18.0 Å². The molecule has 0 atom stereocenters. The Balaban J connectivity index is 3.07. The molecule has 20 heavy (non-hydrogen) atoms. The molecule has 0 radical (unpaired) electrons. The van der Waals surface area contributed by atoms with Crippen molar-refractivity contribution in [3.63, 3.8) is 0 Å². The van der Waals surface area contributed by atoms with Gasteiger partial charge in [0.15, 0.2) is 0 Å². The number of ether oxygens (including phenoxy) is 1. The van der Waals surface area contributed by atoms with E-state index in [1.54, 1.807) is 24.3 Å². The van der Waals surface area contributed by atoms with Gasteiger partial charge in [0.25, 0.3) is 0 Å². The van der Waals surface area contributed by atoms with Gasteiger partial charge in [0.2, 0.25) is 5.91 Å². The van der Waals surface area contributed by atoms with Crippen LogP contribution in [-0.4, -0.2) is 23.6 Å². The average Bonchev–Trinajstić information content (AvgIpc) is 2.36. The van der Waals surface area contributed by atoms with E-state index in [-0.39, 0.29) is 5.70 Å². The SMILES string of the molecule is C=C(C)COc1ccccc1C=C(NC(C)=O)C(=O)O. The second kappa shape index (κ2) is 7.13. The summed E-state index contributed by atoms with van der Waals surface area (Å²) in [4.78, 5) is 22.1.